The number of benzene rings is 3. The third kappa shape index (κ3) is 21.3. The molecule has 27 nitrogen and oxygen atoms in total. The fourth-order valence-electron chi connectivity index (χ4n) is 7.74. The van der Waals surface area contributed by atoms with Crippen LogP contribution in [0.5, 0.6) is 11.5 Å². The van der Waals surface area contributed by atoms with Gasteiger partial charge in [-0.15, -0.1) is 0 Å². The predicted octanol–water partition coefficient (Wildman–Crippen LogP) is 4.20. The number of nitrogens with one attached hydrogen (secondary N) is 3. The molecule has 4 heterocycles. The molecule has 0 saturated heterocycles. The van der Waals surface area contributed by atoms with Gasteiger partial charge in [0.1, 0.15) is 29.3 Å². The number of aromatic hydroxyl groups is 2. The number of aliphatic carboxylic acids is 1. The molecule has 0 spiro atoms. The van der Waals surface area contributed by atoms with Gasteiger partial charge in [-0.2, -0.15) is 8.42 Å². The molecule has 88 heavy (non-hydrogen) atoms. The molecule has 482 valence electrons. The standard InChI is InChI=1S/C23H28FN5O6.C19H23FN4O4.C7H8O3S.C4H9ClO.C4H7NO3/c1-5-15-11-35-12-16(28(4)23(34)22(33)27(2)3)19-26-17(18(30)21(32)29(15)19)20(31)25-10-13-6-8-14(24)9-7-13;1-3-13-9-28-10-14(21-2)17-23-15(16(25)19(27)24(13)17)18(26)22-8-11-4-6-12(20)7-5-11;1-6-2-4-7(5-3-6)11(8,9)10;1-4(2,3)6-5;1-5(2)3(6)4(7)8/h6-9,15-16,30H,5,10-12H2,1-4H3,(H,25,31);4-7,13-14,21,25H,3,8-10H2,1-2H3,(H,22,26);2-5H,1H3,(H,8,9,10);1-3H3;1-2H3,(H,7,8)/t15-,16+;13-,14+;;;/m00.../s1. The van der Waals surface area contributed by atoms with E-state index < -0.39 is 97.9 Å². The van der Waals surface area contributed by atoms with E-state index in [1.54, 1.807) is 19.2 Å². The highest BCUT2D eigenvalue weighted by atomic mass is 35.5. The molecule has 31 heteroatoms. The Morgan fingerprint density at radius 1 is 0.682 bits per heavy atom. The number of nitrogens with zero attached hydrogens (tertiary/aromatic N) is 7. The summed E-state index contributed by atoms with van der Waals surface area (Å²) in [5.41, 5.74) is -0.359. The Labute approximate surface area is 512 Å². The number of fused-ring (bicyclic) bond motifs is 2. The van der Waals surface area contributed by atoms with Gasteiger partial charge in [-0.25, -0.2) is 23.5 Å². The first-order valence-corrected chi connectivity index (χ1v) is 28.7. The Kier molecular flexibility index (Phi) is 28.4. The Morgan fingerprint density at radius 3 is 1.43 bits per heavy atom. The summed E-state index contributed by atoms with van der Waals surface area (Å²) in [6, 6.07) is 14.9. The first-order chi connectivity index (χ1) is 41.1. The zero-order chi connectivity index (χ0) is 66.5. The molecule has 0 bridgehead atoms. The van der Waals surface area contributed by atoms with E-state index in [9.17, 15) is 65.8 Å². The second-order valence-electron chi connectivity index (χ2n) is 21.0. The summed E-state index contributed by atoms with van der Waals surface area (Å²) in [5, 5.41) is 37.1. The number of halogens is 3. The van der Waals surface area contributed by atoms with Crippen molar-refractivity contribution in [2.24, 2.45) is 0 Å². The fraction of sp³-hybridized carbons (Fsp3) is 0.439. The maximum absolute atomic E-state index is 13.2. The topological polar surface area (TPSA) is 361 Å². The molecule has 4 atom stereocenters. The molecule has 0 aliphatic carbocycles. The Balaban J connectivity index is 0.000000335. The van der Waals surface area contributed by atoms with Gasteiger partial charge < -0.3 is 55.4 Å². The van der Waals surface area contributed by atoms with Gasteiger partial charge in [0.05, 0.1) is 66.9 Å². The van der Waals surface area contributed by atoms with Crippen LogP contribution in [-0.4, -0.2) is 172 Å². The SMILES string of the molecule is CC(C)(C)OCl.CC[C@H]1COC[C@@H](N(C)C(=O)C(=O)N(C)C)c2nc(C(=O)NCc3ccc(F)cc3)c(O)c(=O)n21.CC[C@H]1COC[C@@H](NC)c2nc(C(=O)NCc3ccc(F)cc3)c(O)c(=O)n21.CN(C)C(=O)C(=O)O.Cc1ccc(S(=O)(=O)O)cc1. The number of hydrogen-bond donors (Lipinski definition) is 7. The lowest BCUT2D eigenvalue weighted by Crippen LogP contribution is -2.45. The number of carbonyl (C=O) groups is 6. The van der Waals surface area contributed by atoms with Gasteiger partial charge in [-0.1, -0.05) is 55.8 Å². The van der Waals surface area contributed by atoms with Crippen LogP contribution in [0.3, 0.4) is 0 Å². The maximum Gasteiger partial charge on any atom is 0.394 e. The smallest absolute Gasteiger partial charge is 0.394 e. The van der Waals surface area contributed by atoms with Gasteiger partial charge in [0.25, 0.3) is 33.1 Å². The molecule has 0 radical (unpaired) electrons. The number of aryl methyl sites for hydroxylation is 1. The van der Waals surface area contributed by atoms with Crippen LogP contribution >= 0.6 is 11.9 Å². The lowest BCUT2D eigenvalue weighted by Gasteiger charge is -2.28. The lowest BCUT2D eigenvalue weighted by atomic mass is 10.1. The molecule has 5 aromatic rings. The third-order valence-corrected chi connectivity index (χ3v) is 14.1. The van der Waals surface area contributed by atoms with E-state index in [1.807, 2.05) is 41.5 Å². The molecule has 0 unspecified atom stereocenters. The van der Waals surface area contributed by atoms with E-state index in [1.165, 1.54) is 105 Å². The number of aromatic nitrogens is 4. The highest BCUT2D eigenvalue weighted by molar-refractivity contribution is 7.85. The number of ether oxygens (including phenoxy) is 2. The van der Waals surface area contributed by atoms with Gasteiger partial charge in [-0.3, -0.25) is 51.5 Å². The van der Waals surface area contributed by atoms with Crippen LogP contribution in [0, 0.1) is 18.6 Å². The number of likely N-dealkylation sites (N-methyl/N-ethyl adjacent to an activating group) is 4. The zero-order valence-electron chi connectivity index (χ0n) is 50.7. The Bertz CT molecular complexity index is 3460. The normalized spacial score (nSPS) is 15.9. The van der Waals surface area contributed by atoms with Crippen molar-refractivity contribution in [2.45, 2.75) is 102 Å². The van der Waals surface area contributed by atoms with Crippen LogP contribution in [0.2, 0.25) is 0 Å². The van der Waals surface area contributed by atoms with Crippen molar-refractivity contribution < 1.29 is 79.6 Å². The van der Waals surface area contributed by atoms with E-state index in [-0.39, 0.29) is 60.2 Å². The van der Waals surface area contributed by atoms with Crippen LogP contribution in [-0.2, 0) is 56.1 Å². The minimum Gasteiger partial charge on any atom is -0.501 e. The van der Waals surface area contributed by atoms with Crippen molar-refractivity contribution in [2.75, 3.05) is 68.7 Å². The van der Waals surface area contributed by atoms with Crippen molar-refractivity contribution in [1.29, 1.82) is 0 Å². The lowest BCUT2D eigenvalue weighted by molar-refractivity contribution is -0.154. The summed E-state index contributed by atoms with van der Waals surface area (Å²) >= 11 is 4.98. The zero-order valence-corrected chi connectivity index (χ0v) is 52.2. The van der Waals surface area contributed by atoms with Crippen LogP contribution in [0.1, 0.15) is 121 Å². The first-order valence-electron chi connectivity index (χ1n) is 27.0. The van der Waals surface area contributed by atoms with Gasteiger partial charge >= 0.3 is 23.7 Å². The van der Waals surface area contributed by atoms with Gasteiger partial charge in [0.15, 0.2) is 11.4 Å². The van der Waals surface area contributed by atoms with Crippen molar-refractivity contribution >= 4 is 57.5 Å². The maximum atomic E-state index is 13.2. The summed E-state index contributed by atoms with van der Waals surface area (Å²) in [4.78, 5) is 108. The number of amides is 5. The summed E-state index contributed by atoms with van der Waals surface area (Å²) in [5.74, 6) is -7.45. The first kappa shape index (κ1) is 74.0. The Hall–Kier alpha value is -8.26. The highest BCUT2D eigenvalue weighted by Gasteiger charge is 2.37. The number of carboxylic acids is 1. The summed E-state index contributed by atoms with van der Waals surface area (Å²) in [6.45, 7) is 12.0. The predicted molar refractivity (Wildman–Crippen MR) is 316 cm³/mol. The Morgan fingerprint density at radius 2 is 1.08 bits per heavy atom. The van der Waals surface area contributed by atoms with Gasteiger partial charge in [0, 0.05) is 48.3 Å². The minimum absolute atomic E-state index is 0.00149. The summed E-state index contributed by atoms with van der Waals surface area (Å²) in [7, 11) is 4.70. The van der Waals surface area contributed by atoms with Crippen molar-refractivity contribution in [3.05, 3.63) is 145 Å². The average Bonchev–Trinajstić information content (AvgIpc) is 3.48. The largest absolute Gasteiger partial charge is 0.501 e. The summed E-state index contributed by atoms with van der Waals surface area (Å²) in [6.07, 6.45) is 1.06. The number of carboxylic acid groups (broad SMARTS) is 1. The molecular formula is C57H75ClF2N10O17S. The van der Waals surface area contributed by atoms with Crippen molar-refractivity contribution in [3.63, 3.8) is 0 Å². The molecule has 0 saturated carbocycles. The molecule has 0 fully saturated rings. The fourth-order valence-corrected chi connectivity index (χ4v) is 8.22. The summed E-state index contributed by atoms with van der Waals surface area (Å²) < 4.78 is 74.0. The quantitative estimate of drug-likeness (QED) is 0.0719. The molecule has 2 aliphatic rings. The van der Waals surface area contributed by atoms with Crippen LogP contribution < -0.4 is 27.1 Å². The number of carbonyl (C=O) groups excluding carboxylic acids is 5. The van der Waals surface area contributed by atoms with Crippen LogP contribution in [0.25, 0.3) is 0 Å². The molecule has 7 N–H and O–H groups in total. The third-order valence-electron chi connectivity index (χ3n) is 12.7. The highest BCUT2D eigenvalue weighted by Crippen LogP contribution is 2.29. The molecule has 7 rings (SSSR count). The molecular weight excluding hydrogens is 1200 g/mol. The van der Waals surface area contributed by atoms with E-state index >= 15 is 0 Å². The average molecular weight is 1280 g/mol. The van der Waals surface area contributed by atoms with Gasteiger partial charge in [0.2, 0.25) is 11.5 Å². The second kappa shape index (κ2) is 33.8. The van der Waals surface area contributed by atoms with Crippen LogP contribution in [0.4, 0.5) is 8.78 Å². The van der Waals surface area contributed by atoms with E-state index in [4.69, 9.17) is 31.0 Å². The number of hydrogen-bond acceptors (Lipinski definition) is 18. The van der Waals surface area contributed by atoms with E-state index in [2.05, 4.69) is 30.2 Å². The molecule has 5 amide bonds. The van der Waals surface area contributed by atoms with Crippen LogP contribution in [0.15, 0.2) is 87.3 Å². The second-order valence-corrected chi connectivity index (χ2v) is 22.5. The van der Waals surface area contributed by atoms with Crippen molar-refractivity contribution in [1.82, 2.24) is 49.8 Å². The molecule has 2 aromatic heterocycles. The molecule has 3 aromatic carbocycles. The number of rotatable bonds is 11. The molecule has 2 aliphatic heterocycles. The minimum atomic E-state index is -4.02. The van der Waals surface area contributed by atoms with Crippen molar-refractivity contribution in [3.8, 4) is 11.5 Å². The monoisotopic (exact) mass is 1280 g/mol. The van der Waals surface area contributed by atoms with Gasteiger partial charge in [-0.05, 0) is 95.1 Å². The van der Waals surface area contributed by atoms with E-state index in [0.29, 0.717) is 43.0 Å². The van der Waals surface area contributed by atoms with E-state index in [0.717, 1.165) is 20.3 Å².